The molecule has 7 heteroatoms. The van der Waals surface area contributed by atoms with Crippen molar-refractivity contribution in [3.63, 3.8) is 0 Å². The highest BCUT2D eigenvalue weighted by Crippen LogP contribution is 2.32. The lowest BCUT2D eigenvalue weighted by molar-refractivity contribution is 0.597. The summed E-state index contributed by atoms with van der Waals surface area (Å²) < 4.78 is 23.8. The minimum Gasteiger partial charge on any atom is -0.225 e. The molecule has 72 valence electrons. The molecule has 13 heavy (non-hydrogen) atoms. The molecule has 0 atom stereocenters. The van der Waals surface area contributed by atoms with Crippen molar-refractivity contribution in [2.24, 2.45) is 5.14 Å². The van der Waals surface area contributed by atoms with Crippen LogP contribution in [0.2, 0.25) is 0 Å². The van der Waals surface area contributed by atoms with Crippen LogP contribution >= 0.6 is 47.8 Å². The Morgan fingerprint density at radius 1 is 1.15 bits per heavy atom. The van der Waals surface area contributed by atoms with E-state index in [1.165, 1.54) is 6.07 Å². The van der Waals surface area contributed by atoms with Crippen molar-refractivity contribution in [2.45, 2.75) is 4.90 Å². The van der Waals surface area contributed by atoms with Crippen molar-refractivity contribution >= 4 is 57.8 Å². The molecule has 0 bridgehead atoms. The Bertz CT molecular complexity index is 443. The van der Waals surface area contributed by atoms with Gasteiger partial charge in [-0.3, -0.25) is 0 Å². The molecule has 1 aromatic rings. The fourth-order valence-electron chi connectivity index (χ4n) is 0.739. The molecule has 0 saturated heterocycles. The van der Waals surface area contributed by atoms with Crippen molar-refractivity contribution in [2.75, 3.05) is 0 Å². The number of hydrogen-bond acceptors (Lipinski definition) is 2. The van der Waals surface area contributed by atoms with E-state index >= 15 is 0 Å². The van der Waals surface area contributed by atoms with Gasteiger partial charge in [0, 0.05) is 8.95 Å². The molecule has 0 aliphatic heterocycles. The molecule has 1 aromatic carbocycles. The molecule has 0 heterocycles. The van der Waals surface area contributed by atoms with Crippen molar-refractivity contribution in [3.8, 4) is 0 Å². The highest BCUT2D eigenvalue weighted by atomic mass is 79.9. The van der Waals surface area contributed by atoms with E-state index in [0.717, 1.165) is 0 Å². The standard InChI is InChI=1S/C6H4Br3NO2S/c7-3-1-4(8)6(9)5(2-3)13(10,11)12/h1-2H,(H2,10,11,12). The second-order valence-electron chi connectivity index (χ2n) is 2.24. The Labute approximate surface area is 101 Å². The molecule has 3 nitrogen and oxygen atoms in total. The molecule has 0 aliphatic carbocycles. The van der Waals surface area contributed by atoms with Crippen LogP contribution in [0.3, 0.4) is 0 Å². The summed E-state index contributed by atoms with van der Waals surface area (Å²) in [5.41, 5.74) is 0. The Morgan fingerprint density at radius 2 is 1.69 bits per heavy atom. The molecule has 1 rings (SSSR count). The number of rotatable bonds is 1. The van der Waals surface area contributed by atoms with E-state index in [4.69, 9.17) is 5.14 Å². The monoisotopic (exact) mass is 391 g/mol. The first-order valence-corrected chi connectivity index (χ1v) is 6.92. The second-order valence-corrected chi connectivity index (χ2v) is 6.34. The fourth-order valence-corrected chi connectivity index (χ4v) is 3.80. The van der Waals surface area contributed by atoms with E-state index in [-0.39, 0.29) is 4.90 Å². The zero-order valence-corrected chi connectivity index (χ0v) is 11.7. The first-order chi connectivity index (χ1) is 5.82. The van der Waals surface area contributed by atoms with Crippen molar-refractivity contribution in [1.82, 2.24) is 0 Å². The minimum absolute atomic E-state index is 0.0498. The van der Waals surface area contributed by atoms with Crippen LogP contribution < -0.4 is 5.14 Å². The Balaban J connectivity index is 3.56. The van der Waals surface area contributed by atoms with Gasteiger partial charge in [0.2, 0.25) is 10.0 Å². The summed E-state index contributed by atoms with van der Waals surface area (Å²) in [6, 6.07) is 3.16. The van der Waals surface area contributed by atoms with E-state index in [0.29, 0.717) is 13.4 Å². The van der Waals surface area contributed by atoms with Crippen LogP contribution in [0.1, 0.15) is 0 Å². The first kappa shape index (κ1) is 11.6. The number of hydrogen-bond donors (Lipinski definition) is 1. The number of benzene rings is 1. The lowest BCUT2D eigenvalue weighted by atomic mass is 10.4. The van der Waals surface area contributed by atoms with Crippen LogP contribution in [0, 0.1) is 0 Å². The Hall–Kier alpha value is 0.570. The number of primary sulfonamides is 1. The maximum Gasteiger partial charge on any atom is 0.239 e. The minimum atomic E-state index is -3.69. The third-order valence-electron chi connectivity index (χ3n) is 1.27. The zero-order chi connectivity index (χ0) is 10.2. The molecule has 0 aromatic heterocycles. The Kier molecular flexibility index (Phi) is 3.56. The maximum absolute atomic E-state index is 11.1. The van der Waals surface area contributed by atoms with Gasteiger partial charge in [0.15, 0.2) is 0 Å². The van der Waals surface area contributed by atoms with E-state index in [9.17, 15) is 8.42 Å². The fraction of sp³-hybridized carbons (Fsp3) is 0. The molecule has 0 aliphatic rings. The van der Waals surface area contributed by atoms with Gasteiger partial charge in [0.05, 0.1) is 9.37 Å². The molecule has 0 unspecified atom stereocenters. The van der Waals surface area contributed by atoms with Gasteiger partial charge in [-0.1, -0.05) is 15.9 Å². The Morgan fingerprint density at radius 3 is 2.15 bits per heavy atom. The van der Waals surface area contributed by atoms with Crippen molar-refractivity contribution in [3.05, 3.63) is 25.6 Å². The summed E-state index contributed by atoms with van der Waals surface area (Å²) >= 11 is 9.48. The van der Waals surface area contributed by atoms with Gasteiger partial charge in [0.1, 0.15) is 0 Å². The lowest BCUT2D eigenvalue weighted by Gasteiger charge is -2.04. The van der Waals surface area contributed by atoms with Gasteiger partial charge < -0.3 is 0 Å². The quantitative estimate of drug-likeness (QED) is 0.745. The van der Waals surface area contributed by atoms with Crippen LogP contribution in [-0.4, -0.2) is 8.42 Å². The summed E-state index contributed by atoms with van der Waals surface area (Å²) in [6.07, 6.45) is 0. The molecule has 0 fully saturated rings. The average molecular weight is 394 g/mol. The number of sulfonamides is 1. The molecule has 0 spiro atoms. The third-order valence-corrected chi connectivity index (χ3v) is 4.93. The molecule has 0 amide bonds. The summed E-state index contributed by atoms with van der Waals surface area (Å²) in [5.74, 6) is 0. The molecular weight excluding hydrogens is 390 g/mol. The van der Waals surface area contributed by atoms with Gasteiger partial charge in [0.25, 0.3) is 0 Å². The van der Waals surface area contributed by atoms with Crippen molar-refractivity contribution < 1.29 is 8.42 Å². The smallest absolute Gasteiger partial charge is 0.225 e. The van der Waals surface area contributed by atoms with E-state index < -0.39 is 10.0 Å². The second kappa shape index (κ2) is 3.98. The summed E-state index contributed by atoms with van der Waals surface area (Å²) in [5, 5.41) is 5.00. The van der Waals surface area contributed by atoms with Gasteiger partial charge in [-0.15, -0.1) is 0 Å². The highest BCUT2D eigenvalue weighted by Gasteiger charge is 2.15. The van der Waals surface area contributed by atoms with Gasteiger partial charge in [-0.05, 0) is 44.0 Å². The molecule has 2 N–H and O–H groups in total. The van der Waals surface area contributed by atoms with Crippen LogP contribution in [0.15, 0.2) is 30.4 Å². The van der Waals surface area contributed by atoms with Crippen LogP contribution in [-0.2, 0) is 10.0 Å². The first-order valence-electron chi connectivity index (χ1n) is 2.99. The van der Waals surface area contributed by atoms with Crippen LogP contribution in [0.25, 0.3) is 0 Å². The molecule has 0 saturated carbocycles. The average Bonchev–Trinajstić information content (AvgIpc) is 1.94. The molecular formula is C6H4Br3NO2S. The lowest BCUT2D eigenvalue weighted by Crippen LogP contribution is -2.13. The van der Waals surface area contributed by atoms with Gasteiger partial charge in [-0.2, -0.15) is 0 Å². The maximum atomic E-state index is 11.1. The van der Waals surface area contributed by atoms with Gasteiger partial charge >= 0.3 is 0 Å². The van der Waals surface area contributed by atoms with Crippen molar-refractivity contribution in [1.29, 1.82) is 0 Å². The normalized spacial score (nSPS) is 11.7. The van der Waals surface area contributed by atoms with E-state index in [1.807, 2.05) is 0 Å². The summed E-state index contributed by atoms with van der Waals surface area (Å²) in [7, 11) is -3.69. The highest BCUT2D eigenvalue weighted by molar-refractivity contribution is 9.13. The third kappa shape index (κ3) is 2.76. The predicted molar refractivity (Wildman–Crippen MR) is 60.9 cm³/mol. The topological polar surface area (TPSA) is 60.2 Å². The SMILES string of the molecule is NS(=O)(=O)c1cc(Br)cc(Br)c1Br. The summed E-state index contributed by atoms with van der Waals surface area (Å²) in [4.78, 5) is 0.0498. The molecule has 0 radical (unpaired) electrons. The zero-order valence-electron chi connectivity index (χ0n) is 6.09. The predicted octanol–water partition coefficient (Wildman–Crippen LogP) is 2.62. The van der Waals surface area contributed by atoms with E-state index in [1.54, 1.807) is 6.07 Å². The summed E-state index contributed by atoms with van der Waals surface area (Å²) in [6.45, 7) is 0. The largest absolute Gasteiger partial charge is 0.239 e. The van der Waals surface area contributed by atoms with Gasteiger partial charge in [-0.25, -0.2) is 13.6 Å². The van der Waals surface area contributed by atoms with E-state index in [2.05, 4.69) is 47.8 Å². The number of halogens is 3. The van der Waals surface area contributed by atoms with Crippen LogP contribution in [0.5, 0.6) is 0 Å². The van der Waals surface area contributed by atoms with Crippen LogP contribution in [0.4, 0.5) is 0 Å². The number of nitrogens with two attached hydrogens (primary N) is 1.